The molecule has 0 saturated heterocycles. The van der Waals surface area contributed by atoms with Gasteiger partial charge >= 0.3 is 11.9 Å². The van der Waals surface area contributed by atoms with Crippen LogP contribution in [-0.2, 0) is 16.0 Å². The van der Waals surface area contributed by atoms with Crippen LogP contribution < -0.4 is 0 Å². The lowest BCUT2D eigenvalue weighted by Gasteiger charge is -2.07. The molecule has 0 spiro atoms. The van der Waals surface area contributed by atoms with Crippen LogP contribution in [0.25, 0.3) is 10.8 Å². The molecule has 1 N–H and O–H groups in total. The second kappa shape index (κ2) is 6.22. The van der Waals surface area contributed by atoms with Crippen molar-refractivity contribution in [1.29, 1.82) is 0 Å². The van der Waals surface area contributed by atoms with Crippen molar-refractivity contribution in [2.45, 2.75) is 13.3 Å². The molecule has 0 bridgehead atoms. The van der Waals surface area contributed by atoms with Crippen molar-refractivity contribution in [3.8, 4) is 0 Å². The lowest BCUT2D eigenvalue weighted by atomic mass is 10.0. The van der Waals surface area contributed by atoms with Crippen molar-refractivity contribution in [2.24, 2.45) is 0 Å². The summed E-state index contributed by atoms with van der Waals surface area (Å²) in [7, 11) is 0. The van der Waals surface area contributed by atoms with Gasteiger partial charge < -0.3 is 9.84 Å². The van der Waals surface area contributed by atoms with Gasteiger partial charge in [0.15, 0.2) is 0 Å². The van der Waals surface area contributed by atoms with E-state index < -0.39 is 11.9 Å². The number of benzene rings is 2. The number of hydrogen-bond donors (Lipinski definition) is 1. The first-order chi connectivity index (χ1) is 9.99. The zero-order valence-electron chi connectivity index (χ0n) is 11.8. The van der Waals surface area contributed by atoms with Crippen LogP contribution in [-0.4, -0.2) is 23.7 Å². The molecule has 4 heteroatoms. The second-order valence-electron chi connectivity index (χ2n) is 4.83. The highest BCUT2D eigenvalue weighted by molar-refractivity contribution is 6.03. The number of carboxylic acids is 1. The first kappa shape index (κ1) is 14.8. The summed E-state index contributed by atoms with van der Waals surface area (Å²) >= 11 is 0. The van der Waals surface area contributed by atoms with Crippen molar-refractivity contribution < 1.29 is 19.4 Å². The maximum Gasteiger partial charge on any atom is 0.336 e. The maximum absolute atomic E-state index is 11.3. The van der Waals surface area contributed by atoms with Gasteiger partial charge in [-0.1, -0.05) is 36.9 Å². The smallest absolute Gasteiger partial charge is 0.336 e. The Kier molecular flexibility index (Phi) is 4.38. The van der Waals surface area contributed by atoms with Crippen LogP contribution >= 0.6 is 0 Å². The van der Waals surface area contributed by atoms with Crippen LogP contribution in [0.3, 0.4) is 0 Å². The normalized spacial score (nSPS) is 10.3. The Bertz CT molecular complexity index is 716. The van der Waals surface area contributed by atoms with Gasteiger partial charge in [0.2, 0.25) is 0 Å². The Morgan fingerprint density at radius 2 is 2.00 bits per heavy atom. The highest BCUT2D eigenvalue weighted by atomic mass is 16.5. The van der Waals surface area contributed by atoms with Gasteiger partial charge in [0.25, 0.3) is 0 Å². The lowest BCUT2D eigenvalue weighted by molar-refractivity contribution is -0.138. The van der Waals surface area contributed by atoms with Gasteiger partial charge in [-0.05, 0) is 29.3 Å². The largest absolute Gasteiger partial charge is 0.478 e. The van der Waals surface area contributed by atoms with E-state index >= 15 is 0 Å². The minimum atomic E-state index is -0.952. The maximum atomic E-state index is 11.3. The first-order valence-corrected chi connectivity index (χ1v) is 6.56. The fourth-order valence-electron chi connectivity index (χ4n) is 2.05. The Morgan fingerprint density at radius 3 is 2.67 bits per heavy atom. The van der Waals surface area contributed by atoms with Crippen molar-refractivity contribution >= 4 is 22.7 Å². The Labute approximate surface area is 122 Å². The predicted molar refractivity (Wildman–Crippen MR) is 80.4 cm³/mol. The molecule has 0 radical (unpaired) electrons. The van der Waals surface area contributed by atoms with Gasteiger partial charge in [-0.3, -0.25) is 0 Å². The highest BCUT2D eigenvalue weighted by Gasteiger charge is 2.09. The summed E-state index contributed by atoms with van der Waals surface area (Å²) in [6.45, 7) is 5.35. The van der Waals surface area contributed by atoms with Gasteiger partial charge in [-0.15, -0.1) is 0 Å². The topological polar surface area (TPSA) is 63.6 Å². The Balaban J connectivity index is 2.18. The van der Waals surface area contributed by atoms with E-state index in [2.05, 4.69) is 6.58 Å². The third kappa shape index (κ3) is 3.48. The molecule has 2 aromatic rings. The van der Waals surface area contributed by atoms with E-state index in [-0.39, 0.29) is 12.2 Å². The molecule has 0 aliphatic rings. The minimum absolute atomic E-state index is 0.242. The number of esters is 1. The fraction of sp³-hybridized carbons (Fsp3) is 0.176. The molecular weight excluding hydrogens is 268 g/mol. The van der Waals surface area contributed by atoms with Gasteiger partial charge in [-0.25, -0.2) is 9.59 Å². The monoisotopic (exact) mass is 284 g/mol. The van der Waals surface area contributed by atoms with Crippen molar-refractivity contribution in [2.75, 3.05) is 6.61 Å². The van der Waals surface area contributed by atoms with Crippen molar-refractivity contribution in [3.05, 3.63) is 59.7 Å². The van der Waals surface area contributed by atoms with Crippen LogP contribution in [0.1, 0.15) is 22.8 Å². The molecule has 0 saturated carbocycles. The molecule has 0 unspecified atom stereocenters. The van der Waals surface area contributed by atoms with Gasteiger partial charge in [0.1, 0.15) is 0 Å². The first-order valence-electron chi connectivity index (χ1n) is 6.56. The number of aromatic carboxylic acids is 1. The molecule has 108 valence electrons. The highest BCUT2D eigenvalue weighted by Crippen LogP contribution is 2.21. The summed E-state index contributed by atoms with van der Waals surface area (Å²) in [6, 6.07) is 10.8. The zero-order valence-corrected chi connectivity index (χ0v) is 11.8. The summed E-state index contributed by atoms with van der Waals surface area (Å²) in [5.74, 6) is -1.37. The van der Waals surface area contributed by atoms with Crippen LogP contribution in [0.4, 0.5) is 0 Å². The van der Waals surface area contributed by atoms with Crippen LogP contribution in [0.2, 0.25) is 0 Å². The summed E-state index contributed by atoms with van der Waals surface area (Å²) in [5, 5.41) is 10.8. The lowest BCUT2D eigenvalue weighted by Crippen LogP contribution is -2.08. The molecule has 4 nitrogen and oxygen atoms in total. The van der Waals surface area contributed by atoms with E-state index in [0.29, 0.717) is 17.4 Å². The Hall–Kier alpha value is -2.62. The van der Waals surface area contributed by atoms with E-state index in [0.717, 1.165) is 10.9 Å². The van der Waals surface area contributed by atoms with Gasteiger partial charge in [-0.2, -0.15) is 0 Å². The number of rotatable bonds is 5. The average Bonchev–Trinajstić information content (AvgIpc) is 2.46. The number of fused-ring (bicyclic) bond motifs is 1. The number of ether oxygens (including phenoxy) is 1. The van der Waals surface area contributed by atoms with Crippen LogP contribution in [0.15, 0.2) is 48.6 Å². The quantitative estimate of drug-likeness (QED) is 0.676. The van der Waals surface area contributed by atoms with Crippen molar-refractivity contribution in [1.82, 2.24) is 0 Å². The number of hydrogen-bond acceptors (Lipinski definition) is 3. The molecular formula is C17H16O4. The third-order valence-electron chi connectivity index (χ3n) is 3.15. The van der Waals surface area contributed by atoms with Crippen molar-refractivity contribution in [3.63, 3.8) is 0 Å². The summed E-state index contributed by atoms with van der Waals surface area (Å²) in [4.78, 5) is 22.5. The third-order valence-corrected chi connectivity index (χ3v) is 3.15. The summed E-state index contributed by atoms with van der Waals surface area (Å²) in [6.07, 6.45) is 0.531. The summed E-state index contributed by atoms with van der Waals surface area (Å²) < 4.78 is 5.04. The fourth-order valence-corrected chi connectivity index (χ4v) is 2.05. The minimum Gasteiger partial charge on any atom is -0.478 e. The molecule has 2 aromatic carbocycles. The number of carboxylic acid groups (broad SMARTS) is 1. The van der Waals surface area contributed by atoms with E-state index in [1.54, 1.807) is 19.1 Å². The van der Waals surface area contributed by atoms with E-state index in [1.807, 2.05) is 24.3 Å². The average molecular weight is 284 g/mol. The van der Waals surface area contributed by atoms with Gasteiger partial charge in [0.05, 0.1) is 12.2 Å². The molecule has 0 aliphatic heterocycles. The van der Waals surface area contributed by atoms with E-state index in [4.69, 9.17) is 4.74 Å². The number of carbonyl (C=O) groups is 2. The molecule has 0 amide bonds. The molecule has 21 heavy (non-hydrogen) atoms. The van der Waals surface area contributed by atoms with E-state index in [9.17, 15) is 14.7 Å². The van der Waals surface area contributed by atoms with E-state index in [1.165, 1.54) is 0 Å². The molecule has 0 aliphatic carbocycles. The van der Waals surface area contributed by atoms with Gasteiger partial charge in [0, 0.05) is 12.0 Å². The standard InChI is InChI=1S/C17H16O4/c1-11(2)17(20)21-9-8-12-6-7-13-4-3-5-14(16(18)19)15(13)10-12/h3-7,10H,1,8-9H2,2H3,(H,18,19). The SMILES string of the molecule is C=C(C)C(=O)OCCc1ccc2cccc(C(=O)O)c2c1. The Morgan fingerprint density at radius 1 is 1.24 bits per heavy atom. The second-order valence-corrected chi connectivity index (χ2v) is 4.83. The molecule has 0 atom stereocenters. The van der Waals surface area contributed by atoms with Crippen LogP contribution in [0.5, 0.6) is 0 Å². The molecule has 0 aromatic heterocycles. The zero-order chi connectivity index (χ0) is 15.4. The number of carbonyl (C=O) groups excluding carboxylic acids is 1. The molecule has 2 rings (SSSR count). The van der Waals surface area contributed by atoms with Crippen LogP contribution in [0, 0.1) is 0 Å². The summed E-state index contributed by atoms with van der Waals surface area (Å²) in [5.41, 5.74) is 1.56. The molecule has 0 fully saturated rings. The predicted octanol–water partition coefficient (Wildman–Crippen LogP) is 3.20. The molecule has 0 heterocycles.